The summed E-state index contributed by atoms with van der Waals surface area (Å²) in [6.45, 7) is 9.54. The van der Waals surface area contributed by atoms with E-state index in [0.717, 1.165) is 49.1 Å². The SMILES string of the molecule is CCN(CC)Cc1cn2c(n1)CN(C(=O)Cc1cccs1)CC2. The Labute approximate surface area is 141 Å². The van der Waals surface area contributed by atoms with Crippen molar-refractivity contribution in [1.82, 2.24) is 19.4 Å². The number of nitrogens with zero attached hydrogens (tertiary/aromatic N) is 4. The Kier molecular flexibility index (Phi) is 5.13. The minimum absolute atomic E-state index is 0.201. The Morgan fingerprint density at radius 1 is 1.35 bits per heavy atom. The third-order valence-corrected chi connectivity index (χ3v) is 5.27. The number of amides is 1. The van der Waals surface area contributed by atoms with E-state index in [1.165, 1.54) is 0 Å². The summed E-state index contributed by atoms with van der Waals surface area (Å²) in [5.41, 5.74) is 1.11. The Morgan fingerprint density at radius 3 is 2.87 bits per heavy atom. The van der Waals surface area contributed by atoms with Crippen molar-refractivity contribution >= 4 is 17.2 Å². The minimum atomic E-state index is 0.201. The highest BCUT2D eigenvalue weighted by Crippen LogP contribution is 2.17. The van der Waals surface area contributed by atoms with Crippen molar-refractivity contribution in [2.75, 3.05) is 19.6 Å². The number of fused-ring (bicyclic) bond motifs is 1. The van der Waals surface area contributed by atoms with Gasteiger partial charge in [0.25, 0.3) is 0 Å². The molecular weight excluding hydrogens is 308 g/mol. The van der Waals surface area contributed by atoms with E-state index in [-0.39, 0.29) is 5.91 Å². The van der Waals surface area contributed by atoms with Crippen molar-refractivity contribution in [2.45, 2.75) is 39.9 Å². The number of carbonyl (C=O) groups excluding carboxylic acids is 1. The maximum atomic E-state index is 12.4. The van der Waals surface area contributed by atoms with Crippen LogP contribution in [0.2, 0.25) is 0 Å². The van der Waals surface area contributed by atoms with Crippen LogP contribution in [-0.2, 0) is 30.8 Å². The number of hydrogen-bond acceptors (Lipinski definition) is 4. The van der Waals surface area contributed by atoms with Gasteiger partial charge in [-0.25, -0.2) is 4.98 Å². The number of aromatic nitrogens is 2. The summed E-state index contributed by atoms with van der Waals surface area (Å²) in [4.78, 5) is 22.6. The van der Waals surface area contributed by atoms with Gasteiger partial charge in [0.05, 0.1) is 18.7 Å². The highest BCUT2D eigenvalue weighted by atomic mass is 32.1. The summed E-state index contributed by atoms with van der Waals surface area (Å²) >= 11 is 1.64. The molecule has 5 nitrogen and oxygen atoms in total. The molecule has 0 saturated heterocycles. The number of imidazole rings is 1. The smallest absolute Gasteiger partial charge is 0.228 e. The number of hydrogen-bond donors (Lipinski definition) is 0. The normalized spacial score (nSPS) is 14.3. The van der Waals surface area contributed by atoms with Gasteiger partial charge in [-0.15, -0.1) is 11.3 Å². The first-order chi connectivity index (χ1) is 11.2. The number of carbonyl (C=O) groups is 1. The molecule has 23 heavy (non-hydrogen) atoms. The fraction of sp³-hybridized carbons (Fsp3) is 0.529. The molecule has 0 saturated carbocycles. The summed E-state index contributed by atoms with van der Waals surface area (Å²) in [5.74, 6) is 1.21. The average molecular weight is 332 g/mol. The Balaban J connectivity index is 1.63. The molecule has 0 aromatic carbocycles. The molecule has 0 bridgehead atoms. The van der Waals surface area contributed by atoms with Gasteiger partial charge in [0.2, 0.25) is 5.91 Å². The third kappa shape index (κ3) is 3.82. The van der Waals surface area contributed by atoms with Crippen molar-refractivity contribution in [3.8, 4) is 0 Å². The minimum Gasteiger partial charge on any atom is -0.333 e. The first-order valence-electron chi connectivity index (χ1n) is 8.27. The van der Waals surface area contributed by atoms with Gasteiger partial charge in [-0.1, -0.05) is 19.9 Å². The van der Waals surface area contributed by atoms with Gasteiger partial charge in [0, 0.05) is 30.7 Å². The Morgan fingerprint density at radius 2 is 2.17 bits per heavy atom. The van der Waals surface area contributed by atoms with Crippen molar-refractivity contribution in [3.63, 3.8) is 0 Å². The van der Waals surface area contributed by atoms with Crippen LogP contribution >= 0.6 is 11.3 Å². The van der Waals surface area contributed by atoms with Crippen LogP contribution in [0.4, 0.5) is 0 Å². The molecule has 0 atom stereocenters. The first-order valence-corrected chi connectivity index (χ1v) is 9.15. The summed E-state index contributed by atoms with van der Waals surface area (Å²) < 4.78 is 2.20. The van der Waals surface area contributed by atoms with Crippen LogP contribution in [0.25, 0.3) is 0 Å². The molecule has 124 valence electrons. The molecule has 0 fully saturated rings. The largest absolute Gasteiger partial charge is 0.333 e. The van der Waals surface area contributed by atoms with E-state index >= 15 is 0 Å². The van der Waals surface area contributed by atoms with Crippen LogP contribution in [-0.4, -0.2) is 44.9 Å². The lowest BCUT2D eigenvalue weighted by atomic mass is 10.2. The second kappa shape index (κ2) is 7.27. The van der Waals surface area contributed by atoms with Crippen molar-refractivity contribution in [3.05, 3.63) is 40.1 Å². The molecule has 0 N–H and O–H groups in total. The van der Waals surface area contributed by atoms with E-state index in [9.17, 15) is 4.79 Å². The molecule has 0 unspecified atom stereocenters. The highest BCUT2D eigenvalue weighted by Gasteiger charge is 2.23. The maximum absolute atomic E-state index is 12.4. The number of rotatable bonds is 6. The van der Waals surface area contributed by atoms with Crippen LogP contribution in [0.15, 0.2) is 23.7 Å². The summed E-state index contributed by atoms with van der Waals surface area (Å²) in [7, 11) is 0. The van der Waals surface area contributed by atoms with Crippen LogP contribution in [0, 0.1) is 0 Å². The Hall–Kier alpha value is -1.66. The van der Waals surface area contributed by atoms with E-state index in [4.69, 9.17) is 4.98 Å². The molecule has 3 heterocycles. The fourth-order valence-electron chi connectivity index (χ4n) is 2.95. The molecule has 3 rings (SSSR count). The third-order valence-electron chi connectivity index (χ3n) is 4.39. The zero-order chi connectivity index (χ0) is 16.2. The van der Waals surface area contributed by atoms with Gasteiger partial charge in [0.15, 0.2) is 0 Å². The highest BCUT2D eigenvalue weighted by molar-refractivity contribution is 7.10. The predicted octanol–water partition coefficient (Wildman–Crippen LogP) is 2.37. The molecule has 6 heteroatoms. The van der Waals surface area contributed by atoms with Gasteiger partial charge in [-0.05, 0) is 24.5 Å². The predicted molar refractivity (Wildman–Crippen MR) is 92.3 cm³/mol. The van der Waals surface area contributed by atoms with Crippen LogP contribution in [0.1, 0.15) is 30.2 Å². The molecule has 0 radical (unpaired) electrons. The average Bonchev–Trinajstić information content (AvgIpc) is 3.20. The summed E-state index contributed by atoms with van der Waals surface area (Å²) in [6.07, 6.45) is 2.65. The molecule has 1 amide bonds. The van der Waals surface area contributed by atoms with Crippen molar-refractivity contribution < 1.29 is 4.79 Å². The molecule has 0 aliphatic carbocycles. The van der Waals surface area contributed by atoms with Gasteiger partial charge in [-0.2, -0.15) is 0 Å². The van der Waals surface area contributed by atoms with E-state index in [1.54, 1.807) is 11.3 Å². The monoisotopic (exact) mass is 332 g/mol. The van der Waals surface area contributed by atoms with E-state index in [0.29, 0.717) is 13.0 Å². The summed E-state index contributed by atoms with van der Waals surface area (Å²) in [6, 6.07) is 4.02. The topological polar surface area (TPSA) is 41.4 Å². The quantitative estimate of drug-likeness (QED) is 0.815. The van der Waals surface area contributed by atoms with Gasteiger partial charge < -0.3 is 9.47 Å². The molecule has 2 aromatic heterocycles. The molecule has 1 aliphatic heterocycles. The molecular formula is C17H24N4OS. The van der Waals surface area contributed by atoms with Crippen molar-refractivity contribution in [2.24, 2.45) is 0 Å². The fourth-order valence-corrected chi connectivity index (χ4v) is 3.65. The van der Waals surface area contributed by atoms with Crippen LogP contribution in [0.3, 0.4) is 0 Å². The maximum Gasteiger partial charge on any atom is 0.228 e. The zero-order valence-electron chi connectivity index (χ0n) is 13.9. The van der Waals surface area contributed by atoms with E-state index in [2.05, 4.69) is 29.5 Å². The molecule has 0 spiro atoms. The second-order valence-electron chi connectivity index (χ2n) is 5.87. The summed E-state index contributed by atoms with van der Waals surface area (Å²) in [5, 5.41) is 2.02. The molecule has 2 aromatic rings. The Bertz CT molecular complexity index is 646. The lowest BCUT2D eigenvalue weighted by Crippen LogP contribution is -2.39. The van der Waals surface area contributed by atoms with Crippen LogP contribution in [0.5, 0.6) is 0 Å². The molecule has 1 aliphatic rings. The van der Waals surface area contributed by atoms with E-state index in [1.807, 2.05) is 22.4 Å². The van der Waals surface area contributed by atoms with Crippen LogP contribution < -0.4 is 0 Å². The zero-order valence-corrected chi connectivity index (χ0v) is 14.7. The van der Waals surface area contributed by atoms with Gasteiger partial charge in [0.1, 0.15) is 5.82 Å². The number of thiophene rings is 1. The standard InChI is InChI=1S/C17H24N4OS/c1-3-19(4-2)11-14-12-20-7-8-21(13-16(20)18-14)17(22)10-15-6-5-9-23-15/h5-6,9,12H,3-4,7-8,10-11,13H2,1-2H3. The lowest BCUT2D eigenvalue weighted by Gasteiger charge is -2.27. The van der Waals surface area contributed by atoms with E-state index < -0.39 is 0 Å². The van der Waals surface area contributed by atoms with Gasteiger partial charge in [-0.3, -0.25) is 9.69 Å². The second-order valence-corrected chi connectivity index (χ2v) is 6.91. The van der Waals surface area contributed by atoms with Crippen molar-refractivity contribution in [1.29, 1.82) is 0 Å². The first kappa shape index (κ1) is 16.2. The van der Waals surface area contributed by atoms with Gasteiger partial charge >= 0.3 is 0 Å². The lowest BCUT2D eigenvalue weighted by molar-refractivity contribution is -0.131.